The monoisotopic (exact) mass is 328 g/mol. The van der Waals surface area contributed by atoms with Crippen LogP contribution < -0.4 is 4.74 Å². The summed E-state index contributed by atoms with van der Waals surface area (Å²) in [5.41, 5.74) is 4.10. The first-order chi connectivity index (χ1) is 11.1. The van der Waals surface area contributed by atoms with E-state index in [9.17, 15) is 4.79 Å². The van der Waals surface area contributed by atoms with E-state index in [2.05, 4.69) is 26.0 Å². The quantitative estimate of drug-likeness (QED) is 0.491. The van der Waals surface area contributed by atoms with Crippen LogP contribution in [0, 0.1) is 13.8 Å². The number of carbonyl (C=O) groups excluding carboxylic acids is 1. The van der Waals surface area contributed by atoms with Crippen molar-refractivity contribution in [2.45, 2.75) is 33.8 Å². The Labute approximate surface area is 143 Å². The van der Waals surface area contributed by atoms with Crippen LogP contribution in [0.3, 0.4) is 0 Å². The Balaban J connectivity index is 2.10. The highest BCUT2D eigenvalue weighted by Crippen LogP contribution is 2.23. The van der Waals surface area contributed by atoms with Gasteiger partial charge in [0.15, 0.2) is 5.78 Å². The molecule has 0 amide bonds. The molecule has 2 aromatic carbocycles. The molecule has 2 aromatic rings. The lowest BCUT2D eigenvalue weighted by Crippen LogP contribution is -2.07. The Morgan fingerprint density at radius 3 is 2.61 bits per heavy atom. The van der Waals surface area contributed by atoms with E-state index < -0.39 is 0 Å². The van der Waals surface area contributed by atoms with E-state index >= 15 is 0 Å². The summed E-state index contributed by atoms with van der Waals surface area (Å²) >= 11 is 1.68. The van der Waals surface area contributed by atoms with Crippen LogP contribution in [0.4, 0.5) is 0 Å². The molecule has 3 heteroatoms. The molecule has 0 aliphatic heterocycles. The van der Waals surface area contributed by atoms with E-state index in [0.29, 0.717) is 23.7 Å². The van der Waals surface area contributed by atoms with E-state index in [1.54, 1.807) is 11.8 Å². The molecule has 0 radical (unpaired) electrons. The van der Waals surface area contributed by atoms with Crippen molar-refractivity contribution in [1.82, 2.24) is 0 Å². The van der Waals surface area contributed by atoms with Crippen molar-refractivity contribution < 1.29 is 9.53 Å². The summed E-state index contributed by atoms with van der Waals surface area (Å²) in [5, 5.41) is 0. The van der Waals surface area contributed by atoms with E-state index in [1.165, 1.54) is 5.56 Å². The van der Waals surface area contributed by atoms with Gasteiger partial charge in [0.2, 0.25) is 0 Å². The Morgan fingerprint density at radius 2 is 1.87 bits per heavy atom. The van der Waals surface area contributed by atoms with Gasteiger partial charge in [-0.2, -0.15) is 11.8 Å². The molecule has 0 fully saturated rings. The van der Waals surface area contributed by atoms with Crippen molar-refractivity contribution in [2.75, 3.05) is 11.5 Å². The summed E-state index contributed by atoms with van der Waals surface area (Å²) in [5.74, 6) is 2.35. The average molecular weight is 328 g/mol. The minimum Gasteiger partial charge on any atom is -0.488 e. The van der Waals surface area contributed by atoms with Crippen molar-refractivity contribution in [3.63, 3.8) is 0 Å². The highest BCUT2D eigenvalue weighted by molar-refractivity contribution is 7.99. The molecule has 0 aromatic heterocycles. The van der Waals surface area contributed by atoms with Crippen molar-refractivity contribution in [3.8, 4) is 5.75 Å². The zero-order valence-electron chi connectivity index (χ0n) is 14.1. The van der Waals surface area contributed by atoms with Gasteiger partial charge in [0.25, 0.3) is 0 Å². The number of thioether (sulfide) groups is 1. The average Bonchev–Trinajstić information content (AvgIpc) is 2.54. The van der Waals surface area contributed by atoms with E-state index in [-0.39, 0.29) is 5.78 Å². The number of carbonyl (C=O) groups is 1. The molecule has 0 saturated heterocycles. The number of hydrogen-bond acceptors (Lipinski definition) is 3. The fourth-order valence-corrected chi connectivity index (χ4v) is 3.11. The summed E-state index contributed by atoms with van der Waals surface area (Å²) in [6.07, 6.45) is 1.09. The third kappa shape index (κ3) is 5.43. The van der Waals surface area contributed by atoms with Crippen molar-refractivity contribution in [3.05, 3.63) is 64.7 Å². The van der Waals surface area contributed by atoms with Gasteiger partial charge in [0.1, 0.15) is 12.4 Å². The second-order valence-electron chi connectivity index (χ2n) is 5.75. The minimum atomic E-state index is 0.145. The number of Topliss-reactive ketones (excluding diaryl/α,β-unsaturated/α-hetero) is 1. The van der Waals surface area contributed by atoms with Gasteiger partial charge in [0.05, 0.1) is 11.3 Å². The van der Waals surface area contributed by atoms with E-state index in [1.807, 2.05) is 37.3 Å². The van der Waals surface area contributed by atoms with Crippen LogP contribution in [-0.4, -0.2) is 17.3 Å². The minimum absolute atomic E-state index is 0.145. The van der Waals surface area contributed by atoms with E-state index in [0.717, 1.165) is 23.3 Å². The Bertz CT molecular complexity index is 664. The predicted octanol–water partition coefficient (Wildman–Crippen LogP) is 5.21. The molecule has 23 heavy (non-hydrogen) atoms. The van der Waals surface area contributed by atoms with Crippen LogP contribution in [0.5, 0.6) is 5.75 Å². The zero-order valence-corrected chi connectivity index (χ0v) is 14.9. The lowest BCUT2D eigenvalue weighted by atomic mass is 10.1. The first-order valence-corrected chi connectivity index (χ1v) is 9.15. The van der Waals surface area contributed by atoms with Crippen molar-refractivity contribution >= 4 is 17.5 Å². The lowest BCUT2D eigenvalue weighted by molar-refractivity contribution is 0.101. The Morgan fingerprint density at radius 1 is 1.09 bits per heavy atom. The van der Waals surface area contributed by atoms with Crippen molar-refractivity contribution in [1.29, 1.82) is 0 Å². The number of hydrogen-bond donors (Lipinski definition) is 0. The maximum Gasteiger partial charge on any atom is 0.176 e. The van der Waals surface area contributed by atoms with Gasteiger partial charge in [-0.25, -0.2) is 0 Å². The smallest absolute Gasteiger partial charge is 0.176 e. The second-order valence-corrected chi connectivity index (χ2v) is 6.86. The highest BCUT2D eigenvalue weighted by atomic mass is 32.2. The summed E-state index contributed by atoms with van der Waals surface area (Å²) in [6, 6.07) is 14.1. The fraction of sp³-hybridized carbons (Fsp3) is 0.350. The van der Waals surface area contributed by atoms with Crippen LogP contribution in [0.2, 0.25) is 0 Å². The SMILES string of the molecule is CCCSCC(=O)c1cc(C)ccc1OCc1cccc(C)c1. The van der Waals surface area contributed by atoms with Gasteiger partial charge < -0.3 is 4.74 Å². The Hall–Kier alpha value is -1.74. The maximum atomic E-state index is 12.5. The molecule has 0 unspecified atom stereocenters. The molecule has 122 valence electrons. The van der Waals surface area contributed by atoms with Gasteiger partial charge in [-0.05, 0) is 43.7 Å². The van der Waals surface area contributed by atoms with Crippen LogP contribution in [-0.2, 0) is 6.61 Å². The predicted molar refractivity (Wildman–Crippen MR) is 98.6 cm³/mol. The van der Waals surface area contributed by atoms with Gasteiger partial charge >= 0.3 is 0 Å². The molecule has 0 aliphatic rings. The van der Waals surface area contributed by atoms with Gasteiger partial charge in [-0.1, -0.05) is 48.4 Å². The first-order valence-electron chi connectivity index (χ1n) is 8.00. The molecule has 0 spiro atoms. The van der Waals surface area contributed by atoms with Gasteiger partial charge in [-0.15, -0.1) is 0 Å². The Kier molecular flexibility index (Phi) is 6.72. The topological polar surface area (TPSA) is 26.3 Å². The summed E-state index contributed by atoms with van der Waals surface area (Å²) < 4.78 is 5.93. The molecule has 0 aliphatic carbocycles. The van der Waals surface area contributed by atoms with Crippen LogP contribution in [0.15, 0.2) is 42.5 Å². The number of benzene rings is 2. The van der Waals surface area contributed by atoms with Crippen LogP contribution in [0.1, 0.15) is 40.4 Å². The third-order valence-corrected chi connectivity index (χ3v) is 4.66. The van der Waals surface area contributed by atoms with Gasteiger partial charge in [-0.3, -0.25) is 4.79 Å². The second kappa shape index (κ2) is 8.78. The summed E-state index contributed by atoms with van der Waals surface area (Å²) in [6.45, 7) is 6.67. The molecule has 0 N–H and O–H groups in total. The number of rotatable bonds is 8. The zero-order chi connectivity index (χ0) is 16.7. The fourth-order valence-electron chi connectivity index (χ4n) is 2.34. The highest BCUT2D eigenvalue weighted by Gasteiger charge is 2.13. The lowest BCUT2D eigenvalue weighted by Gasteiger charge is -2.12. The normalized spacial score (nSPS) is 10.6. The molecule has 2 rings (SSSR count). The van der Waals surface area contributed by atoms with Crippen LogP contribution in [0.25, 0.3) is 0 Å². The summed E-state index contributed by atoms with van der Waals surface area (Å²) in [7, 11) is 0. The summed E-state index contributed by atoms with van der Waals surface area (Å²) in [4.78, 5) is 12.5. The maximum absolute atomic E-state index is 12.5. The molecule has 0 bridgehead atoms. The van der Waals surface area contributed by atoms with E-state index in [4.69, 9.17) is 4.74 Å². The number of ketones is 1. The molecule has 2 nitrogen and oxygen atoms in total. The molecule has 0 atom stereocenters. The molecular formula is C20H24O2S. The first kappa shape index (κ1) is 17.6. The molecule has 0 saturated carbocycles. The van der Waals surface area contributed by atoms with Gasteiger partial charge in [0, 0.05) is 0 Å². The largest absolute Gasteiger partial charge is 0.488 e. The molecular weight excluding hydrogens is 304 g/mol. The number of aryl methyl sites for hydroxylation is 2. The van der Waals surface area contributed by atoms with Crippen molar-refractivity contribution in [2.24, 2.45) is 0 Å². The number of ether oxygens (including phenoxy) is 1. The van der Waals surface area contributed by atoms with Crippen LogP contribution >= 0.6 is 11.8 Å². The standard InChI is InChI=1S/C20H24O2S/c1-4-10-23-14-19(21)18-12-16(3)8-9-20(18)22-13-17-7-5-6-15(2)11-17/h5-9,11-12H,4,10,13-14H2,1-3H3. The third-order valence-electron chi connectivity index (χ3n) is 3.49. The molecule has 0 heterocycles.